The lowest BCUT2D eigenvalue weighted by molar-refractivity contribution is 0.0516. The van der Waals surface area contributed by atoms with Crippen molar-refractivity contribution in [3.63, 3.8) is 0 Å². The Hall–Kier alpha value is -2.89. The number of hydrogen-bond acceptors (Lipinski definition) is 4. The Labute approximate surface area is 152 Å². The molecule has 0 saturated carbocycles. The second-order valence-electron chi connectivity index (χ2n) is 6.64. The molecule has 0 radical (unpaired) electrons. The normalized spacial score (nSPS) is 17.4. The number of carbonyl (C=O) groups is 1. The number of rotatable bonds is 4. The first-order valence-corrected chi connectivity index (χ1v) is 9.07. The molecule has 1 fully saturated rings. The van der Waals surface area contributed by atoms with E-state index in [9.17, 15) is 4.79 Å². The van der Waals surface area contributed by atoms with Crippen LogP contribution in [0.2, 0.25) is 0 Å². The molecule has 1 aliphatic heterocycles. The number of carbonyl (C=O) groups excluding carboxylic acids is 1. The Morgan fingerprint density at radius 1 is 1.31 bits per heavy atom. The number of nitrogens with zero attached hydrogens (tertiary/aromatic N) is 3. The molecule has 1 atom stereocenters. The van der Waals surface area contributed by atoms with E-state index in [0.29, 0.717) is 18.1 Å². The van der Waals surface area contributed by atoms with Crippen LogP contribution in [0.4, 0.5) is 0 Å². The van der Waals surface area contributed by atoms with Crippen molar-refractivity contribution in [2.24, 2.45) is 0 Å². The Bertz CT molecular complexity index is 904. The SMILES string of the molecule is CCc1cnc(OC2CCCN(C(=O)c3ccc4cc[nH]c4c3)C2)nc1. The molecule has 3 heterocycles. The predicted octanol–water partition coefficient (Wildman–Crippen LogP) is 3.20. The van der Waals surface area contributed by atoms with Gasteiger partial charge >= 0.3 is 6.01 Å². The molecule has 1 unspecified atom stereocenters. The van der Waals surface area contributed by atoms with Crippen LogP contribution in [0.3, 0.4) is 0 Å². The van der Waals surface area contributed by atoms with Gasteiger partial charge in [-0.2, -0.15) is 0 Å². The smallest absolute Gasteiger partial charge is 0.316 e. The van der Waals surface area contributed by atoms with Crippen molar-refractivity contribution in [2.45, 2.75) is 32.3 Å². The standard InChI is InChI=1S/C20H22N4O2/c1-2-14-11-22-20(23-12-14)26-17-4-3-9-24(13-17)19(25)16-6-5-15-7-8-21-18(15)10-16/h5-8,10-12,17,21H,2-4,9,13H2,1H3. The monoisotopic (exact) mass is 350 g/mol. The van der Waals surface area contributed by atoms with Crippen molar-refractivity contribution in [3.8, 4) is 6.01 Å². The fraction of sp³-hybridized carbons (Fsp3) is 0.350. The number of fused-ring (bicyclic) bond motifs is 1. The zero-order chi connectivity index (χ0) is 17.9. The number of hydrogen-bond donors (Lipinski definition) is 1. The highest BCUT2D eigenvalue weighted by Gasteiger charge is 2.26. The lowest BCUT2D eigenvalue weighted by Gasteiger charge is -2.32. The number of aromatic nitrogens is 3. The predicted molar refractivity (Wildman–Crippen MR) is 99.3 cm³/mol. The highest BCUT2D eigenvalue weighted by atomic mass is 16.5. The van der Waals surface area contributed by atoms with Gasteiger partial charge in [0.05, 0.1) is 6.54 Å². The molecule has 1 aromatic carbocycles. The van der Waals surface area contributed by atoms with Crippen LogP contribution < -0.4 is 4.74 Å². The summed E-state index contributed by atoms with van der Waals surface area (Å²) >= 11 is 0. The fourth-order valence-electron chi connectivity index (χ4n) is 3.32. The zero-order valence-corrected chi connectivity index (χ0v) is 14.8. The summed E-state index contributed by atoms with van der Waals surface area (Å²) in [4.78, 5) is 26.4. The van der Waals surface area contributed by atoms with Crippen LogP contribution in [0.15, 0.2) is 42.9 Å². The van der Waals surface area contributed by atoms with E-state index in [0.717, 1.165) is 42.3 Å². The quantitative estimate of drug-likeness (QED) is 0.784. The second kappa shape index (κ2) is 7.15. The van der Waals surface area contributed by atoms with E-state index in [2.05, 4.69) is 21.9 Å². The average Bonchev–Trinajstić information content (AvgIpc) is 3.16. The van der Waals surface area contributed by atoms with E-state index in [1.165, 1.54) is 0 Å². The van der Waals surface area contributed by atoms with Gasteiger partial charge in [-0.1, -0.05) is 13.0 Å². The molecule has 1 saturated heterocycles. The van der Waals surface area contributed by atoms with Crippen molar-refractivity contribution in [3.05, 3.63) is 54.0 Å². The molecule has 0 bridgehead atoms. The van der Waals surface area contributed by atoms with E-state index in [1.807, 2.05) is 35.4 Å². The van der Waals surface area contributed by atoms with Gasteiger partial charge in [-0.05, 0) is 48.4 Å². The molecule has 0 aliphatic carbocycles. The molecular formula is C20H22N4O2. The number of likely N-dealkylation sites (tertiary alicyclic amines) is 1. The maximum atomic E-state index is 12.9. The lowest BCUT2D eigenvalue weighted by atomic mass is 10.1. The molecule has 2 aromatic heterocycles. The topological polar surface area (TPSA) is 71.1 Å². The maximum absolute atomic E-state index is 12.9. The molecule has 6 nitrogen and oxygen atoms in total. The fourth-order valence-corrected chi connectivity index (χ4v) is 3.32. The number of aromatic amines is 1. The zero-order valence-electron chi connectivity index (χ0n) is 14.8. The summed E-state index contributed by atoms with van der Waals surface area (Å²) in [5.41, 5.74) is 2.76. The molecule has 3 aromatic rings. The van der Waals surface area contributed by atoms with Crippen molar-refractivity contribution in [1.82, 2.24) is 19.9 Å². The number of amides is 1. The average molecular weight is 350 g/mol. The van der Waals surface area contributed by atoms with Gasteiger partial charge in [0, 0.05) is 36.2 Å². The number of ether oxygens (including phenoxy) is 1. The van der Waals surface area contributed by atoms with Crippen LogP contribution in [0.1, 0.15) is 35.7 Å². The summed E-state index contributed by atoms with van der Waals surface area (Å²) in [6.07, 6.45) is 8.10. The van der Waals surface area contributed by atoms with Crippen molar-refractivity contribution in [1.29, 1.82) is 0 Å². The van der Waals surface area contributed by atoms with Crippen LogP contribution >= 0.6 is 0 Å². The molecule has 0 spiro atoms. The van der Waals surface area contributed by atoms with Gasteiger partial charge < -0.3 is 14.6 Å². The van der Waals surface area contributed by atoms with E-state index < -0.39 is 0 Å². The van der Waals surface area contributed by atoms with Crippen molar-refractivity contribution >= 4 is 16.8 Å². The minimum absolute atomic E-state index is 0.0389. The van der Waals surface area contributed by atoms with E-state index in [1.54, 1.807) is 12.4 Å². The maximum Gasteiger partial charge on any atom is 0.316 e. The minimum atomic E-state index is -0.0746. The van der Waals surface area contributed by atoms with Crippen LogP contribution in [-0.2, 0) is 6.42 Å². The van der Waals surface area contributed by atoms with Gasteiger partial charge in [0.1, 0.15) is 6.10 Å². The first-order valence-electron chi connectivity index (χ1n) is 9.07. The molecule has 6 heteroatoms. The number of nitrogens with one attached hydrogen (secondary N) is 1. The summed E-state index contributed by atoms with van der Waals surface area (Å²) in [5.74, 6) is 0.0389. The first-order chi connectivity index (χ1) is 12.7. The van der Waals surface area contributed by atoms with Gasteiger partial charge in [0.2, 0.25) is 0 Å². The third-order valence-electron chi connectivity index (χ3n) is 4.83. The van der Waals surface area contributed by atoms with Crippen molar-refractivity contribution in [2.75, 3.05) is 13.1 Å². The molecular weight excluding hydrogens is 328 g/mol. The van der Waals surface area contributed by atoms with E-state index >= 15 is 0 Å². The van der Waals surface area contributed by atoms with Gasteiger partial charge in [-0.15, -0.1) is 0 Å². The molecule has 134 valence electrons. The highest BCUT2D eigenvalue weighted by molar-refractivity contribution is 5.98. The molecule has 1 amide bonds. The summed E-state index contributed by atoms with van der Waals surface area (Å²) in [6.45, 7) is 3.37. The molecule has 4 rings (SSSR count). The summed E-state index contributed by atoms with van der Waals surface area (Å²) < 4.78 is 5.91. The van der Waals surface area contributed by atoms with Gasteiger partial charge in [-0.3, -0.25) is 4.79 Å². The summed E-state index contributed by atoms with van der Waals surface area (Å²) in [5, 5.41) is 1.11. The molecule has 1 aliphatic rings. The largest absolute Gasteiger partial charge is 0.458 e. The van der Waals surface area contributed by atoms with E-state index in [4.69, 9.17) is 4.74 Å². The highest BCUT2D eigenvalue weighted by Crippen LogP contribution is 2.20. The minimum Gasteiger partial charge on any atom is -0.458 e. The van der Waals surface area contributed by atoms with Crippen LogP contribution in [0, 0.1) is 0 Å². The van der Waals surface area contributed by atoms with Gasteiger partial charge in [-0.25, -0.2) is 9.97 Å². The lowest BCUT2D eigenvalue weighted by Crippen LogP contribution is -2.44. The van der Waals surface area contributed by atoms with Gasteiger partial charge in [0.15, 0.2) is 0 Å². The summed E-state index contributed by atoms with van der Waals surface area (Å²) in [6, 6.07) is 8.15. The van der Waals surface area contributed by atoms with E-state index in [-0.39, 0.29) is 12.0 Å². The Morgan fingerprint density at radius 2 is 2.15 bits per heavy atom. The van der Waals surface area contributed by atoms with Crippen LogP contribution in [0.25, 0.3) is 10.9 Å². The van der Waals surface area contributed by atoms with Crippen molar-refractivity contribution < 1.29 is 9.53 Å². The summed E-state index contributed by atoms with van der Waals surface area (Å²) in [7, 11) is 0. The number of H-pyrrole nitrogens is 1. The molecule has 1 N–H and O–H groups in total. The number of benzene rings is 1. The van der Waals surface area contributed by atoms with Crippen LogP contribution in [0.5, 0.6) is 6.01 Å². The van der Waals surface area contributed by atoms with Crippen LogP contribution in [-0.4, -0.2) is 45.0 Å². The Morgan fingerprint density at radius 3 is 2.96 bits per heavy atom. The Kier molecular flexibility index (Phi) is 4.56. The first kappa shape index (κ1) is 16.6. The Balaban J connectivity index is 1.44. The third kappa shape index (κ3) is 3.40. The number of aryl methyl sites for hydroxylation is 1. The third-order valence-corrected chi connectivity index (χ3v) is 4.83. The second-order valence-corrected chi connectivity index (χ2v) is 6.64. The molecule has 26 heavy (non-hydrogen) atoms. The number of piperidine rings is 1. The van der Waals surface area contributed by atoms with Gasteiger partial charge in [0.25, 0.3) is 5.91 Å².